The molecule has 0 unspecified atom stereocenters. The van der Waals surface area contributed by atoms with E-state index in [0.29, 0.717) is 63.1 Å². The van der Waals surface area contributed by atoms with Crippen LogP contribution in [0.2, 0.25) is 15.1 Å². The summed E-state index contributed by atoms with van der Waals surface area (Å²) in [5.41, 5.74) is 6.90. The average molecular weight is 553 g/mol. The first-order chi connectivity index (χ1) is 17.1. The molecule has 1 amide bonds. The number of halogens is 3. The van der Waals surface area contributed by atoms with Crippen molar-refractivity contribution in [2.75, 3.05) is 10.6 Å². The normalized spacial score (nSPS) is 26.3. The van der Waals surface area contributed by atoms with Crippen molar-refractivity contribution in [2.45, 2.75) is 70.1 Å². The average Bonchev–Trinajstić information content (AvgIpc) is 3.39. The first-order valence-corrected chi connectivity index (χ1v) is 13.2. The van der Waals surface area contributed by atoms with Gasteiger partial charge in [-0.05, 0) is 57.1 Å². The second-order valence-electron chi connectivity index (χ2n) is 10.0. The number of anilines is 3. The Bertz CT molecular complexity index is 1280. The third kappa shape index (κ3) is 4.94. The van der Waals surface area contributed by atoms with Gasteiger partial charge in [-0.3, -0.25) is 9.36 Å². The summed E-state index contributed by atoms with van der Waals surface area (Å²) in [6.45, 7) is 1.92. The number of nitrogens with zero attached hydrogens (tertiary/aromatic N) is 4. The van der Waals surface area contributed by atoms with Crippen LogP contribution >= 0.6 is 34.8 Å². The van der Waals surface area contributed by atoms with E-state index in [4.69, 9.17) is 50.5 Å². The van der Waals surface area contributed by atoms with E-state index in [1.807, 2.05) is 11.5 Å². The number of benzene rings is 1. The highest BCUT2D eigenvalue weighted by Crippen LogP contribution is 2.44. The standard InChI is InChI=1S/C24H28Cl3N7O2/c1-24(21(28)36)6-4-14(5-7-24)34-20-18(11-29-22(33-20)30-13-2-3-15(35)10-13)31-23(34)32-19-16(26)8-12(25)9-17(19)27/h8-9,11,13-15,35H,2-7,10H2,1H3,(H2,28,36)(H,31,32)(H,29,30,33)/t13-,14?,15-,24?/m1/s1. The Hall–Kier alpha value is -2.33. The zero-order valence-corrected chi connectivity index (χ0v) is 22.0. The molecule has 2 fully saturated rings. The molecule has 2 aliphatic rings. The number of amides is 1. The molecular formula is C24H28Cl3N7O2. The molecule has 2 atom stereocenters. The lowest BCUT2D eigenvalue weighted by molar-refractivity contribution is -0.128. The van der Waals surface area contributed by atoms with Crippen molar-refractivity contribution >= 4 is 69.5 Å². The van der Waals surface area contributed by atoms with Crippen LogP contribution in [0.1, 0.15) is 57.9 Å². The molecule has 9 nitrogen and oxygen atoms in total. The van der Waals surface area contributed by atoms with Crippen molar-refractivity contribution in [3.8, 4) is 0 Å². The lowest BCUT2D eigenvalue weighted by Crippen LogP contribution is -2.38. The summed E-state index contributed by atoms with van der Waals surface area (Å²) >= 11 is 19.0. The summed E-state index contributed by atoms with van der Waals surface area (Å²) < 4.78 is 2.04. The quantitative estimate of drug-likeness (QED) is 0.319. The molecule has 2 aliphatic carbocycles. The van der Waals surface area contributed by atoms with Crippen LogP contribution in [0, 0.1) is 5.41 Å². The predicted molar refractivity (Wildman–Crippen MR) is 142 cm³/mol. The van der Waals surface area contributed by atoms with Gasteiger partial charge in [-0.2, -0.15) is 4.98 Å². The monoisotopic (exact) mass is 551 g/mol. The zero-order chi connectivity index (χ0) is 25.6. The van der Waals surface area contributed by atoms with E-state index in [1.54, 1.807) is 18.3 Å². The molecule has 5 rings (SSSR count). The number of carbonyl (C=O) groups excluding carboxylic acids is 1. The SMILES string of the molecule is CC1(C(N)=O)CCC(n2c(Nc3c(Cl)cc(Cl)cc3Cl)nc3cnc(N[C@@H]4CC[C@@H](O)C4)nc32)CC1. The Morgan fingerprint density at radius 3 is 2.44 bits per heavy atom. The predicted octanol–water partition coefficient (Wildman–Crippen LogP) is 5.46. The molecule has 2 heterocycles. The van der Waals surface area contributed by atoms with Crippen LogP contribution in [0.3, 0.4) is 0 Å². The van der Waals surface area contributed by atoms with Crippen LogP contribution in [0.5, 0.6) is 0 Å². The van der Waals surface area contributed by atoms with E-state index >= 15 is 0 Å². The van der Waals surface area contributed by atoms with Gasteiger partial charge in [0.05, 0.1) is 28.0 Å². The molecule has 1 aromatic carbocycles. The Morgan fingerprint density at radius 2 is 1.83 bits per heavy atom. The molecule has 0 spiro atoms. The third-order valence-corrected chi connectivity index (χ3v) is 8.25. The van der Waals surface area contributed by atoms with Crippen LogP contribution in [0.4, 0.5) is 17.6 Å². The minimum Gasteiger partial charge on any atom is -0.393 e. The fourth-order valence-corrected chi connectivity index (χ4v) is 6.10. The molecule has 3 aromatic rings. The number of primary amides is 1. The lowest BCUT2D eigenvalue weighted by atomic mass is 9.73. The number of aliphatic hydroxyl groups excluding tert-OH is 1. The Kier molecular flexibility index (Phi) is 6.93. The number of fused-ring (bicyclic) bond motifs is 1. The summed E-state index contributed by atoms with van der Waals surface area (Å²) in [6.07, 6.45) is 6.42. The van der Waals surface area contributed by atoms with Gasteiger partial charge in [-0.15, -0.1) is 0 Å². The fourth-order valence-electron chi connectivity index (χ4n) is 5.18. The molecular weight excluding hydrogens is 525 g/mol. The maximum atomic E-state index is 12.0. The zero-order valence-electron chi connectivity index (χ0n) is 19.8. The Balaban J connectivity index is 1.53. The van der Waals surface area contributed by atoms with E-state index in [-0.39, 0.29) is 24.1 Å². The molecule has 2 saturated carbocycles. The summed E-state index contributed by atoms with van der Waals surface area (Å²) in [7, 11) is 0. The van der Waals surface area contributed by atoms with E-state index in [0.717, 1.165) is 25.7 Å². The lowest BCUT2D eigenvalue weighted by Gasteiger charge is -2.35. The molecule has 12 heteroatoms. The van der Waals surface area contributed by atoms with Gasteiger partial charge in [-0.25, -0.2) is 9.97 Å². The summed E-state index contributed by atoms with van der Waals surface area (Å²) in [5.74, 6) is 0.725. The van der Waals surface area contributed by atoms with Gasteiger partial charge in [0.25, 0.3) is 0 Å². The van der Waals surface area contributed by atoms with Gasteiger partial charge in [0, 0.05) is 22.5 Å². The van der Waals surface area contributed by atoms with E-state index in [9.17, 15) is 9.90 Å². The van der Waals surface area contributed by atoms with Crippen LogP contribution < -0.4 is 16.4 Å². The number of carbonyl (C=O) groups is 1. The molecule has 0 bridgehead atoms. The Labute approximate surface area is 223 Å². The molecule has 36 heavy (non-hydrogen) atoms. The first kappa shape index (κ1) is 25.3. The van der Waals surface area contributed by atoms with Crippen molar-refractivity contribution in [3.63, 3.8) is 0 Å². The number of aliphatic hydroxyl groups is 1. The molecule has 0 aliphatic heterocycles. The largest absolute Gasteiger partial charge is 0.393 e. The number of rotatable bonds is 6. The minimum atomic E-state index is -0.533. The van der Waals surface area contributed by atoms with Crippen LogP contribution in [0.15, 0.2) is 18.3 Å². The number of nitrogens with two attached hydrogens (primary N) is 1. The number of hydrogen-bond acceptors (Lipinski definition) is 7. The second kappa shape index (κ2) is 9.85. The summed E-state index contributed by atoms with van der Waals surface area (Å²) in [6, 6.07) is 3.36. The van der Waals surface area contributed by atoms with Crippen LogP contribution in [-0.4, -0.2) is 42.7 Å². The minimum absolute atomic E-state index is 0.0193. The molecule has 5 N–H and O–H groups in total. The van der Waals surface area contributed by atoms with Crippen molar-refractivity contribution in [3.05, 3.63) is 33.4 Å². The van der Waals surface area contributed by atoms with Gasteiger partial charge in [0.15, 0.2) is 5.65 Å². The maximum Gasteiger partial charge on any atom is 0.224 e. The molecule has 192 valence electrons. The van der Waals surface area contributed by atoms with E-state index < -0.39 is 5.41 Å². The highest BCUT2D eigenvalue weighted by molar-refractivity contribution is 6.41. The van der Waals surface area contributed by atoms with Crippen molar-refractivity contribution in [2.24, 2.45) is 11.1 Å². The van der Waals surface area contributed by atoms with Crippen molar-refractivity contribution < 1.29 is 9.90 Å². The number of aromatic nitrogens is 4. The second-order valence-corrected chi connectivity index (χ2v) is 11.3. The van der Waals surface area contributed by atoms with Crippen molar-refractivity contribution in [1.29, 1.82) is 0 Å². The molecule has 2 aromatic heterocycles. The fraction of sp³-hybridized carbons (Fsp3) is 0.500. The van der Waals surface area contributed by atoms with Crippen LogP contribution in [0.25, 0.3) is 11.2 Å². The van der Waals surface area contributed by atoms with E-state index in [2.05, 4.69) is 15.6 Å². The highest BCUT2D eigenvalue weighted by atomic mass is 35.5. The van der Waals surface area contributed by atoms with Gasteiger partial charge in [0.2, 0.25) is 17.8 Å². The first-order valence-electron chi connectivity index (χ1n) is 12.0. The third-order valence-electron chi connectivity index (χ3n) is 7.43. The van der Waals surface area contributed by atoms with Crippen LogP contribution in [-0.2, 0) is 4.79 Å². The molecule has 0 saturated heterocycles. The van der Waals surface area contributed by atoms with Gasteiger partial charge < -0.3 is 21.5 Å². The van der Waals surface area contributed by atoms with E-state index in [1.165, 1.54) is 0 Å². The maximum absolute atomic E-state index is 12.0. The highest BCUT2D eigenvalue weighted by Gasteiger charge is 2.38. The topological polar surface area (TPSA) is 131 Å². The van der Waals surface area contributed by atoms with Gasteiger partial charge in [-0.1, -0.05) is 41.7 Å². The smallest absolute Gasteiger partial charge is 0.224 e. The summed E-state index contributed by atoms with van der Waals surface area (Å²) in [4.78, 5) is 26.1. The number of nitrogens with one attached hydrogen (secondary N) is 2. The molecule has 0 radical (unpaired) electrons. The van der Waals surface area contributed by atoms with Crippen molar-refractivity contribution in [1.82, 2.24) is 19.5 Å². The van der Waals surface area contributed by atoms with Gasteiger partial charge in [0.1, 0.15) is 5.52 Å². The van der Waals surface area contributed by atoms with Gasteiger partial charge >= 0.3 is 0 Å². The number of imidazole rings is 1. The summed E-state index contributed by atoms with van der Waals surface area (Å²) in [5, 5.41) is 17.7. The number of hydrogen-bond donors (Lipinski definition) is 4. The Morgan fingerprint density at radius 1 is 1.14 bits per heavy atom.